The van der Waals surface area contributed by atoms with Crippen LogP contribution in [0.15, 0.2) is 66.7 Å². The Morgan fingerprint density at radius 3 is 2.45 bits per heavy atom. The quantitative estimate of drug-likeness (QED) is 0.269. The van der Waals surface area contributed by atoms with Crippen molar-refractivity contribution >= 4 is 28.6 Å². The lowest BCUT2D eigenvalue weighted by molar-refractivity contribution is 0.135. The normalized spacial score (nSPS) is 15.0. The molecule has 1 aliphatic rings. The van der Waals surface area contributed by atoms with Crippen molar-refractivity contribution in [1.82, 2.24) is 14.8 Å². The molecule has 0 radical (unpaired) electrons. The number of nitrogens with one attached hydrogen (secondary N) is 1. The van der Waals surface area contributed by atoms with E-state index in [4.69, 9.17) is 25.8 Å². The van der Waals surface area contributed by atoms with Crippen LogP contribution in [0.4, 0.5) is 4.79 Å². The van der Waals surface area contributed by atoms with Crippen molar-refractivity contribution < 1.29 is 19.0 Å². The number of H-pyrrole nitrogens is 1. The van der Waals surface area contributed by atoms with Gasteiger partial charge in [0.2, 0.25) is 0 Å². The highest BCUT2D eigenvalue weighted by molar-refractivity contribution is 6.31. The molecule has 0 bridgehead atoms. The Kier molecular flexibility index (Phi) is 7.77. The predicted octanol–water partition coefficient (Wildman–Crippen LogP) is 6.31. The fourth-order valence-electron chi connectivity index (χ4n) is 4.92. The van der Waals surface area contributed by atoms with Gasteiger partial charge in [0.15, 0.2) is 0 Å². The molecule has 3 aromatic carbocycles. The van der Waals surface area contributed by atoms with E-state index in [1.54, 1.807) is 36.3 Å². The summed E-state index contributed by atoms with van der Waals surface area (Å²) in [5.74, 6) is 1.97. The van der Waals surface area contributed by atoms with Crippen molar-refractivity contribution in [1.29, 1.82) is 0 Å². The van der Waals surface area contributed by atoms with Gasteiger partial charge in [-0.05, 0) is 92.7 Å². The van der Waals surface area contributed by atoms with Gasteiger partial charge in [-0.3, -0.25) is 4.90 Å². The maximum atomic E-state index is 13.5. The van der Waals surface area contributed by atoms with Crippen LogP contribution in [0, 0.1) is 0 Å². The van der Waals surface area contributed by atoms with Crippen molar-refractivity contribution in [2.75, 3.05) is 40.9 Å². The standard InChI is InChI=1S/C30H32ClN3O4/c1-33(2)16-4-18-37-23-8-5-20(6-9-23)29-28-25(26-19-21(31)7-14-27(26)32-28)15-17-34(29)30(35)38-24-12-10-22(36-3)11-13-24/h5-14,19,29,32H,4,15-18H2,1-3H3. The molecule has 38 heavy (non-hydrogen) atoms. The van der Waals surface area contributed by atoms with Crippen molar-refractivity contribution in [3.8, 4) is 17.2 Å². The summed E-state index contributed by atoms with van der Waals surface area (Å²) >= 11 is 6.33. The molecule has 0 saturated heterocycles. The molecule has 1 aliphatic heterocycles. The van der Waals surface area contributed by atoms with E-state index in [2.05, 4.69) is 24.0 Å². The number of hydrogen-bond acceptors (Lipinski definition) is 5. The van der Waals surface area contributed by atoms with Crippen LogP contribution in [0.3, 0.4) is 0 Å². The second-order valence-electron chi connectivity index (χ2n) is 9.67. The first-order chi connectivity index (χ1) is 18.4. The second-order valence-corrected chi connectivity index (χ2v) is 10.1. The fraction of sp³-hybridized carbons (Fsp3) is 0.300. The minimum absolute atomic E-state index is 0.349. The lowest BCUT2D eigenvalue weighted by Crippen LogP contribution is -2.42. The van der Waals surface area contributed by atoms with Gasteiger partial charge in [-0.15, -0.1) is 0 Å². The van der Waals surface area contributed by atoms with Crippen LogP contribution in [-0.4, -0.2) is 61.8 Å². The van der Waals surface area contributed by atoms with E-state index in [0.29, 0.717) is 36.1 Å². The van der Waals surface area contributed by atoms with Crippen molar-refractivity contribution in [2.24, 2.45) is 0 Å². The lowest BCUT2D eigenvalue weighted by Gasteiger charge is -2.35. The number of methoxy groups -OCH3 is 1. The third kappa shape index (κ3) is 5.59. The van der Waals surface area contributed by atoms with Crippen molar-refractivity contribution in [2.45, 2.75) is 18.9 Å². The van der Waals surface area contributed by atoms with Gasteiger partial charge in [-0.1, -0.05) is 23.7 Å². The SMILES string of the molecule is COc1ccc(OC(=O)N2CCc3c([nH]c4ccc(Cl)cc34)C2c2ccc(OCCCN(C)C)cc2)cc1. The Morgan fingerprint density at radius 2 is 1.74 bits per heavy atom. The van der Waals surface area contributed by atoms with Crippen molar-refractivity contribution in [3.05, 3.63) is 88.6 Å². The third-order valence-corrected chi connectivity index (χ3v) is 7.04. The topological polar surface area (TPSA) is 67.0 Å². The molecule has 1 amide bonds. The molecule has 0 spiro atoms. The molecular formula is C30H32ClN3O4. The van der Waals surface area contributed by atoms with Crippen LogP contribution < -0.4 is 14.2 Å². The maximum absolute atomic E-state index is 13.5. The van der Waals surface area contributed by atoms with Crippen LogP contribution in [0.25, 0.3) is 10.9 Å². The van der Waals surface area contributed by atoms with E-state index in [1.807, 2.05) is 42.5 Å². The fourth-order valence-corrected chi connectivity index (χ4v) is 5.10. The zero-order chi connectivity index (χ0) is 26.6. The number of halogens is 1. The molecule has 2 heterocycles. The highest BCUT2D eigenvalue weighted by Crippen LogP contribution is 2.40. The van der Waals surface area contributed by atoms with Gasteiger partial charge in [0, 0.05) is 34.7 Å². The molecule has 5 rings (SSSR count). The molecule has 1 unspecified atom stereocenters. The number of benzene rings is 3. The summed E-state index contributed by atoms with van der Waals surface area (Å²) in [4.78, 5) is 21.0. The van der Waals surface area contributed by atoms with Crippen LogP contribution in [0.5, 0.6) is 17.2 Å². The first-order valence-electron chi connectivity index (χ1n) is 12.7. The molecular weight excluding hydrogens is 502 g/mol. The van der Waals surface area contributed by atoms with Gasteiger partial charge in [0.1, 0.15) is 23.3 Å². The van der Waals surface area contributed by atoms with E-state index >= 15 is 0 Å². The van der Waals surface area contributed by atoms with Crippen LogP contribution in [-0.2, 0) is 6.42 Å². The molecule has 1 N–H and O–H groups in total. The number of hydrogen-bond donors (Lipinski definition) is 1. The summed E-state index contributed by atoms with van der Waals surface area (Å²) in [6, 6.07) is 20.5. The summed E-state index contributed by atoms with van der Waals surface area (Å²) in [5.41, 5.74) is 4.11. The minimum atomic E-state index is -0.411. The second kappa shape index (κ2) is 11.4. The molecule has 7 nitrogen and oxygen atoms in total. The van der Waals surface area contributed by atoms with Gasteiger partial charge in [-0.2, -0.15) is 0 Å². The Labute approximate surface area is 227 Å². The van der Waals surface area contributed by atoms with Gasteiger partial charge >= 0.3 is 6.09 Å². The number of aromatic amines is 1. The van der Waals surface area contributed by atoms with Gasteiger partial charge in [0.05, 0.1) is 13.7 Å². The predicted molar refractivity (Wildman–Crippen MR) is 150 cm³/mol. The molecule has 198 valence electrons. The molecule has 1 aromatic heterocycles. The Bertz CT molecular complexity index is 1400. The number of aromatic nitrogens is 1. The first kappa shape index (κ1) is 25.9. The Morgan fingerprint density at radius 1 is 1.03 bits per heavy atom. The molecule has 8 heteroatoms. The van der Waals surface area contributed by atoms with E-state index in [-0.39, 0.29) is 6.04 Å². The summed E-state index contributed by atoms with van der Waals surface area (Å²) in [6.45, 7) is 2.13. The molecule has 0 saturated carbocycles. The minimum Gasteiger partial charge on any atom is -0.497 e. The third-order valence-electron chi connectivity index (χ3n) is 6.80. The number of amides is 1. The number of carbonyl (C=O) groups is 1. The Balaban J connectivity index is 1.44. The smallest absolute Gasteiger partial charge is 0.416 e. The number of ether oxygens (including phenoxy) is 3. The molecule has 4 aromatic rings. The molecule has 0 fully saturated rings. The van der Waals surface area contributed by atoms with Crippen LogP contribution >= 0.6 is 11.6 Å². The summed E-state index contributed by atoms with van der Waals surface area (Å²) in [5, 5.41) is 1.77. The average molecular weight is 534 g/mol. The van der Waals surface area contributed by atoms with E-state index in [0.717, 1.165) is 40.9 Å². The van der Waals surface area contributed by atoms with E-state index < -0.39 is 6.09 Å². The van der Waals surface area contributed by atoms with Gasteiger partial charge in [0.25, 0.3) is 0 Å². The van der Waals surface area contributed by atoms with Crippen LogP contribution in [0.2, 0.25) is 5.02 Å². The Hall–Kier alpha value is -3.68. The lowest BCUT2D eigenvalue weighted by atomic mass is 9.92. The number of carbonyl (C=O) groups excluding carboxylic acids is 1. The van der Waals surface area contributed by atoms with Gasteiger partial charge in [-0.25, -0.2) is 4.79 Å². The van der Waals surface area contributed by atoms with Crippen molar-refractivity contribution in [3.63, 3.8) is 0 Å². The average Bonchev–Trinajstić information content (AvgIpc) is 3.29. The van der Waals surface area contributed by atoms with E-state index in [1.165, 1.54) is 5.56 Å². The highest BCUT2D eigenvalue weighted by Gasteiger charge is 2.35. The zero-order valence-corrected chi connectivity index (χ0v) is 22.6. The first-order valence-corrected chi connectivity index (χ1v) is 13.1. The van der Waals surface area contributed by atoms with E-state index in [9.17, 15) is 4.79 Å². The monoisotopic (exact) mass is 533 g/mol. The highest BCUT2D eigenvalue weighted by atomic mass is 35.5. The summed E-state index contributed by atoms with van der Waals surface area (Å²) in [6.07, 6.45) is 1.23. The number of nitrogens with zero attached hydrogens (tertiary/aromatic N) is 2. The summed E-state index contributed by atoms with van der Waals surface area (Å²) in [7, 11) is 5.71. The largest absolute Gasteiger partial charge is 0.497 e. The summed E-state index contributed by atoms with van der Waals surface area (Å²) < 4.78 is 16.9. The van der Waals surface area contributed by atoms with Crippen LogP contribution in [0.1, 0.15) is 29.3 Å². The maximum Gasteiger partial charge on any atom is 0.416 e. The number of fused-ring (bicyclic) bond motifs is 3. The number of rotatable bonds is 8. The molecule has 1 atom stereocenters. The zero-order valence-electron chi connectivity index (χ0n) is 21.9. The molecule has 0 aliphatic carbocycles. The van der Waals surface area contributed by atoms with Gasteiger partial charge < -0.3 is 24.1 Å².